The molecule has 35 heavy (non-hydrogen) atoms. The number of hydrogen-bond donors (Lipinski definition) is 0. The number of methoxy groups -OCH3 is 1. The molecule has 1 fully saturated rings. The van der Waals surface area contributed by atoms with Crippen molar-refractivity contribution in [2.45, 2.75) is 13.3 Å². The Hall–Kier alpha value is -3.94. The van der Waals surface area contributed by atoms with E-state index >= 15 is 0 Å². The molecular formula is C27H31N5O3. The van der Waals surface area contributed by atoms with E-state index in [1.165, 1.54) is 0 Å². The third-order valence-electron chi connectivity index (χ3n) is 6.12. The summed E-state index contributed by atoms with van der Waals surface area (Å²) in [5, 5.41) is 8.79. The third kappa shape index (κ3) is 5.95. The van der Waals surface area contributed by atoms with Gasteiger partial charge in [-0.1, -0.05) is 25.1 Å². The van der Waals surface area contributed by atoms with Crippen LogP contribution in [0.3, 0.4) is 0 Å². The van der Waals surface area contributed by atoms with Crippen LogP contribution >= 0.6 is 0 Å². The van der Waals surface area contributed by atoms with Crippen molar-refractivity contribution in [2.24, 2.45) is 0 Å². The Morgan fingerprint density at radius 1 is 0.914 bits per heavy atom. The summed E-state index contributed by atoms with van der Waals surface area (Å²) >= 11 is 0. The van der Waals surface area contributed by atoms with Crippen LogP contribution in [0, 0.1) is 0 Å². The topological polar surface area (TPSA) is 78.9 Å². The molecule has 4 rings (SSSR count). The number of aromatic nitrogens is 2. The summed E-state index contributed by atoms with van der Waals surface area (Å²) < 4.78 is 5.20. The van der Waals surface area contributed by atoms with Gasteiger partial charge in [-0.15, -0.1) is 10.2 Å². The summed E-state index contributed by atoms with van der Waals surface area (Å²) in [5.41, 5.74) is 2.38. The molecule has 2 amide bonds. The van der Waals surface area contributed by atoms with Gasteiger partial charge in [-0.05, 0) is 55.0 Å². The van der Waals surface area contributed by atoms with E-state index in [0.29, 0.717) is 38.3 Å². The molecule has 1 aromatic heterocycles. The molecule has 0 radical (unpaired) electrons. The van der Waals surface area contributed by atoms with Crippen LogP contribution in [0.2, 0.25) is 0 Å². The predicted molar refractivity (Wildman–Crippen MR) is 135 cm³/mol. The van der Waals surface area contributed by atoms with Gasteiger partial charge in [0.05, 0.1) is 12.8 Å². The Morgan fingerprint density at radius 3 is 2.23 bits per heavy atom. The molecular weight excluding hydrogens is 442 g/mol. The monoisotopic (exact) mass is 473 g/mol. The van der Waals surface area contributed by atoms with Crippen LogP contribution in [0.1, 0.15) is 23.7 Å². The van der Waals surface area contributed by atoms with Crippen LogP contribution in [0.15, 0.2) is 66.7 Å². The van der Waals surface area contributed by atoms with Gasteiger partial charge in [-0.25, -0.2) is 0 Å². The van der Waals surface area contributed by atoms with Gasteiger partial charge in [0.25, 0.3) is 5.91 Å². The molecule has 0 spiro atoms. The number of anilines is 1. The zero-order valence-electron chi connectivity index (χ0n) is 20.3. The lowest BCUT2D eigenvalue weighted by molar-refractivity contribution is -0.132. The van der Waals surface area contributed by atoms with Crippen LogP contribution < -0.4 is 9.64 Å². The lowest BCUT2D eigenvalue weighted by atomic mass is 10.1. The summed E-state index contributed by atoms with van der Waals surface area (Å²) in [7, 11) is 1.64. The first kappa shape index (κ1) is 24.2. The quantitative estimate of drug-likeness (QED) is 0.499. The van der Waals surface area contributed by atoms with E-state index in [9.17, 15) is 9.59 Å². The summed E-state index contributed by atoms with van der Waals surface area (Å²) in [5.74, 6) is 1.46. The highest BCUT2D eigenvalue weighted by Gasteiger charge is 2.25. The second-order valence-corrected chi connectivity index (χ2v) is 8.47. The molecule has 8 heteroatoms. The molecule has 0 bridgehead atoms. The largest absolute Gasteiger partial charge is 0.497 e. The fourth-order valence-electron chi connectivity index (χ4n) is 4.14. The van der Waals surface area contributed by atoms with Gasteiger partial charge in [0.1, 0.15) is 12.3 Å². The van der Waals surface area contributed by atoms with Gasteiger partial charge < -0.3 is 19.4 Å². The van der Waals surface area contributed by atoms with Crippen molar-refractivity contribution in [3.8, 4) is 17.0 Å². The number of nitrogens with zero attached hydrogens (tertiary/aromatic N) is 5. The van der Waals surface area contributed by atoms with Crippen molar-refractivity contribution in [2.75, 3.05) is 51.3 Å². The summed E-state index contributed by atoms with van der Waals surface area (Å²) in [6, 6.07) is 20.8. The molecule has 2 heterocycles. The molecule has 8 nitrogen and oxygen atoms in total. The van der Waals surface area contributed by atoms with Gasteiger partial charge in [0.15, 0.2) is 5.82 Å². The van der Waals surface area contributed by atoms with Crippen LogP contribution in [0.25, 0.3) is 11.3 Å². The molecule has 1 aliphatic rings. The van der Waals surface area contributed by atoms with Gasteiger partial charge in [-0.3, -0.25) is 9.59 Å². The van der Waals surface area contributed by atoms with Crippen molar-refractivity contribution in [1.29, 1.82) is 0 Å². The van der Waals surface area contributed by atoms with E-state index in [0.717, 1.165) is 29.2 Å². The van der Waals surface area contributed by atoms with E-state index in [1.54, 1.807) is 24.1 Å². The lowest BCUT2D eigenvalue weighted by Gasteiger charge is -2.36. The van der Waals surface area contributed by atoms with Crippen molar-refractivity contribution in [3.05, 3.63) is 72.3 Å². The van der Waals surface area contributed by atoms with Gasteiger partial charge >= 0.3 is 0 Å². The number of rotatable bonds is 8. The normalized spacial score (nSPS) is 13.4. The summed E-state index contributed by atoms with van der Waals surface area (Å²) in [6.07, 6.45) is 0.796. The zero-order valence-corrected chi connectivity index (χ0v) is 20.3. The number of amides is 2. The minimum absolute atomic E-state index is 0.0247. The number of carbonyl (C=O) groups excluding carboxylic acids is 2. The van der Waals surface area contributed by atoms with E-state index in [4.69, 9.17) is 4.74 Å². The fourth-order valence-corrected chi connectivity index (χ4v) is 4.14. The molecule has 0 saturated carbocycles. The second-order valence-electron chi connectivity index (χ2n) is 8.47. The van der Waals surface area contributed by atoms with Crippen LogP contribution in [-0.4, -0.2) is 78.2 Å². The molecule has 2 aromatic carbocycles. The maximum absolute atomic E-state index is 13.0. The van der Waals surface area contributed by atoms with Crippen LogP contribution in [0.5, 0.6) is 5.75 Å². The Labute approximate surface area is 206 Å². The average molecular weight is 474 g/mol. The number of carbonyl (C=O) groups is 2. The predicted octanol–water partition coefficient (Wildman–Crippen LogP) is 3.35. The van der Waals surface area contributed by atoms with Crippen molar-refractivity contribution >= 4 is 17.6 Å². The van der Waals surface area contributed by atoms with Crippen LogP contribution in [0.4, 0.5) is 5.82 Å². The third-order valence-corrected chi connectivity index (χ3v) is 6.12. The second kappa shape index (κ2) is 11.5. The molecule has 1 saturated heterocycles. The zero-order chi connectivity index (χ0) is 24.6. The molecule has 3 aromatic rings. The Balaban J connectivity index is 1.32. The molecule has 0 unspecified atom stereocenters. The number of benzene rings is 2. The fraction of sp³-hybridized carbons (Fsp3) is 0.333. The van der Waals surface area contributed by atoms with E-state index in [1.807, 2.05) is 66.4 Å². The van der Waals surface area contributed by atoms with Crippen molar-refractivity contribution in [3.63, 3.8) is 0 Å². The molecule has 182 valence electrons. The van der Waals surface area contributed by atoms with E-state index in [2.05, 4.69) is 15.1 Å². The number of hydrogen-bond acceptors (Lipinski definition) is 6. The van der Waals surface area contributed by atoms with E-state index < -0.39 is 0 Å². The minimum Gasteiger partial charge on any atom is -0.497 e. The molecule has 0 aliphatic carbocycles. The van der Waals surface area contributed by atoms with Crippen LogP contribution in [-0.2, 0) is 4.79 Å². The first-order valence-corrected chi connectivity index (χ1v) is 11.9. The highest BCUT2D eigenvalue weighted by Crippen LogP contribution is 2.22. The minimum atomic E-state index is -0.105. The maximum atomic E-state index is 13.0. The van der Waals surface area contributed by atoms with Crippen molar-refractivity contribution < 1.29 is 14.3 Å². The number of piperazine rings is 1. The van der Waals surface area contributed by atoms with Gasteiger partial charge in [0, 0.05) is 43.9 Å². The molecule has 0 atom stereocenters. The van der Waals surface area contributed by atoms with Crippen molar-refractivity contribution in [1.82, 2.24) is 20.0 Å². The standard InChI is InChI=1S/C27H31N5O3/c1-3-15-32(27(34)22-7-5-4-6-8-22)20-26(33)31-18-16-30(17-19-31)25-14-13-24(28-29-25)21-9-11-23(35-2)12-10-21/h4-14H,3,15-20H2,1-2H3. The summed E-state index contributed by atoms with van der Waals surface area (Å²) in [4.78, 5) is 31.5. The molecule has 0 N–H and O–H groups in total. The lowest BCUT2D eigenvalue weighted by Crippen LogP contribution is -2.52. The molecule has 1 aliphatic heterocycles. The SMILES string of the molecule is CCCN(CC(=O)N1CCN(c2ccc(-c3ccc(OC)cc3)nn2)CC1)C(=O)c1ccccc1. The van der Waals surface area contributed by atoms with E-state index in [-0.39, 0.29) is 18.4 Å². The Kier molecular flexibility index (Phi) is 7.92. The average Bonchev–Trinajstić information content (AvgIpc) is 2.93. The van der Waals surface area contributed by atoms with Gasteiger partial charge in [0.2, 0.25) is 5.91 Å². The summed E-state index contributed by atoms with van der Waals surface area (Å²) in [6.45, 7) is 5.16. The maximum Gasteiger partial charge on any atom is 0.254 e. The Bertz CT molecular complexity index is 1110. The van der Waals surface area contributed by atoms with Gasteiger partial charge in [-0.2, -0.15) is 0 Å². The first-order chi connectivity index (χ1) is 17.1. The number of ether oxygens (including phenoxy) is 1. The first-order valence-electron chi connectivity index (χ1n) is 11.9. The highest BCUT2D eigenvalue weighted by molar-refractivity contribution is 5.96. The Morgan fingerprint density at radius 2 is 1.63 bits per heavy atom. The highest BCUT2D eigenvalue weighted by atomic mass is 16.5. The smallest absolute Gasteiger partial charge is 0.254 e.